The minimum Gasteiger partial charge on any atom is -0.322 e. The lowest BCUT2D eigenvalue weighted by atomic mass is 10.0. The molecule has 5 rings (SSSR count). The van der Waals surface area contributed by atoms with Crippen LogP contribution in [0, 0.1) is 0 Å². The summed E-state index contributed by atoms with van der Waals surface area (Å²) in [6, 6.07) is 12.3. The Labute approximate surface area is 210 Å². The molecular formula is C25H22ClF3N4O3. The maximum Gasteiger partial charge on any atom is 0.490 e. The van der Waals surface area contributed by atoms with E-state index >= 15 is 0 Å². The molecule has 0 saturated carbocycles. The first-order chi connectivity index (χ1) is 16.7. The van der Waals surface area contributed by atoms with Crippen LogP contribution >= 0.6 is 12.4 Å². The third kappa shape index (κ3) is 4.26. The summed E-state index contributed by atoms with van der Waals surface area (Å²) >= 11 is 0. The number of hydrogen-bond acceptors (Lipinski definition) is 4. The summed E-state index contributed by atoms with van der Waals surface area (Å²) in [6.07, 6.45) is -4.23. The molecule has 3 heterocycles. The molecule has 1 fully saturated rings. The minimum atomic E-state index is -4.67. The molecule has 1 N–H and O–H groups in total. The van der Waals surface area contributed by atoms with E-state index < -0.39 is 18.2 Å². The number of fused-ring (bicyclic) bond motifs is 1. The van der Waals surface area contributed by atoms with Crippen LogP contribution in [0.4, 0.5) is 13.2 Å². The zero-order valence-corrected chi connectivity index (χ0v) is 19.9. The number of benzene rings is 2. The number of nitrogens with zero attached hydrogens (tertiary/aromatic N) is 3. The summed E-state index contributed by atoms with van der Waals surface area (Å²) < 4.78 is 42.6. The molecule has 188 valence electrons. The molecule has 11 heteroatoms. The maximum absolute atomic E-state index is 14.1. The first-order valence-electron chi connectivity index (χ1n) is 11.2. The molecule has 2 aromatic carbocycles. The molecule has 36 heavy (non-hydrogen) atoms. The van der Waals surface area contributed by atoms with Crippen molar-refractivity contribution < 1.29 is 27.6 Å². The van der Waals surface area contributed by atoms with Gasteiger partial charge in [-0.25, -0.2) is 9.55 Å². The normalized spacial score (nSPS) is 17.6. The highest BCUT2D eigenvalue weighted by molar-refractivity contribution is 6.05. The predicted molar refractivity (Wildman–Crippen MR) is 127 cm³/mol. The summed E-state index contributed by atoms with van der Waals surface area (Å²) in [4.78, 5) is 42.5. The highest BCUT2D eigenvalue weighted by atomic mass is 35.5. The largest absolute Gasteiger partial charge is 0.490 e. The summed E-state index contributed by atoms with van der Waals surface area (Å²) in [5, 5.41) is 2.25. The van der Waals surface area contributed by atoms with Crippen LogP contribution < -0.4 is 5.32 Å². The lowest BCUT2D eigenvalue weighted by Gasteiger charge is -2.29. The van der Waals surface area contributed by atoms with Gasteiger partial charge in [-0.05, 0) is 24.1 Å². The molecule has 7 nitrogen and oxygen atoms in total. The molecule has 3 amide bonds. The zero-order valence-electron chi connectivity index (χ0n) is 19.1. The summed E-state index contributed by atoms with van der Waals surface area (Å²) in [5.41, 5.74) is 1.88. The van der Waals surface area contributed by atoms with E-state index in [9.17, 15) is 27.6 Å². The monoisotopic (exact) mass is 518 g/mol. The van der Waals surface area contributed by atoms with Crippen LogP contribution in [-0.4, -0.2) is 38.2 Å². The second-order valence-corrected chi connectivity index (χ2v) is 8.52. The Hall–Kier alpha value is -3.66. The first-order valence-corrected chi connectivity index (χ1v) is 11.2. The van der Waals surface area contributed by atoms with Gasteiger partial charge in [0.15, 0.2) is 0 Å². The molecule has 2 aliphatic rings. The number of halogens is 4. The molecule has 0 aliphatic carbocycles. The standard InChI is InChI=1S/C25H21F3N4O3.ClH/c1-2-19-29-21(22(32(19)25(26,27)28)14-6-4-3-5-7-14)15-8-9-17-16(12-15)13-31(24(17)35)18-10-11-20(33)30-23(18)34;/h3-9,12,18H,2,10-11,13H2,1H3,(H,30,33,34);1H. The highest BCUT2D eigenvalue weighted by Gasteiger charge is 2.40. The van der Waals surface area contributed by atoms with Crippen molar-refractivity contribution in [2.45, 2.75) is 45.1 Å². The zero-order chi connectivity index (χ0) is 24.9. The average Bonchev–Trinajstić information content (AvgIpc) is 3.38. The fourth-order valence-electron chi connectivity index (χ4n) is 4.76. The Morgan fingerprint density at radius 1 is 1.06 bits per heavy atom. The van der Waals surface area contributed by atoms with Crippen LogP contribution in [0.15, 0.2) is 48.5 Å². The Balaban J connectivity index is 0.00000304. The van der Waals surface area contributed by atoms with Crippen LogP contribution in [0.5, 0.6) is 0 Å². The van der Waals surface area contributed by atoms with Crippen LogP contribution in [0.3, 0.4) is 0 Å². The summed E-state index contributed by atoms with van der Waals surface area (Å²) in [7, 11) is 0. The SMILES string of the molecule is CCc1nc(-c2ccc3c(c2)CN(C2CCC(=O)NC2=O)C3=O)c(-c2ccccc2)n1C(F)(F)F.Cl. The lowest BCUT2D eigenvalue weighted by Crippen LogP contribution is -2.52. The predicted octanol–water partition coefficient (Wildman–Crippen LogP) is 4.44. The van der Waals surface area contributed by atoms with E-state index in [-0.39, 0.29) is 67.2 Å². The van der Waals surface area contributed by atoms with Crippen molar-refractivity contribution in [1.82, 2.24) is 19.8 Å². The van der Waals surface area contributed by atoms with Gasteiger partial charge in [-0.3, -0.25) is 19.7 Å². The van der Waals surface area contributed by atoms with E-state index in [0.29, 0.717) is 26.8 Å². The number of imidazole rings is 1. The van der Waals surface area contributed by atoms with Crippen molar-refractivity contribution >= 4 is 30.1 Å². The Morgan fingerprint density at radius 2 is 1.78 bits per heavy atom. The van der Waals surface area contributed by atoms with Crippen molar-refractivity contribution in [2.75, 3.05) is 0 Å². The number of carbonyl (C=O) groups excluding carboxylic acids is 3. The van der Waals surface area contributed by atoms with Crippen molar-refractivity contribution in [2.24, 2.45) is 0 Å². The van der Waals surface area contributed by atoms with E-state index in [4.69, 9.17) is 0 Å². The minimum absolute atomic E-state index is 0. The van der Waals surface area contributed by atoms with Crippen molar-refractivity contribution in [3.05, 3.63) is 65.5 Å². The van der Waals surface area contributed by atoms with Gasteiger partial charge in [-0.2, -0.15) is 0 Å². The lowest BCUT2D eigenvalue weighted by molar-refractivity contribution is -0.204. The Kier molecular flexibility index (Phi) is 6.66. The topological polar surface area (TPSA) is 84.3 Å². The fourth-order valence-corrected chi connectivity index (χ4v) is 4.76. The number of rotatable bonds is 4. The van der Waals surface area contributed by atoms with E-state index in [2.05, 4.69) is 10.3 Å². The third-order valence-electron chi connectivity index (χ3n) is 6.36. The quantitative estimate of drug-likeness (QED) is 0.518. The van der Waals surface area contributed by atoms with Crippen LogP contribution in [0.2, 0.25) is 0 Å². The second kappa shape index (κ2) is 9.42. The molecule has 1 unspecified atom stereocenters. The van der Waals surface area contributed by atoms with Crippen LogP contribution in [0.1, 0.15) is 41.5 Å². The van der Waals surface area contributed by atoms with Crippen LogP contribution in [-0.2, 0) is 28.9 Å². The average molecular weight is 519 g/mol. The molecule has 0 bridgehead atoms. The van der Waals surface area contributed by atoms with Gasteiger partial charge in [0.2, 0.25) is 11.8 Å². The maximum atomic E-state index is 14.1. The van der Waals surface area contributed by atoms with E-state index in [1.807, 2.05) is 0 Å². The van der Waals surface area contributed by atoms with E-state index in [0.717, 1.165) is 0 Å². The van der Waals surface area contributed by atoms with Gasteiger partial charge in [0.1, 0.15) is 11.9 Å². The molecule has 1 aromatic heterocycles. The number of piperidine rings is 1. The second-order valence-electron chi connectivity index (χ2n) is 8.52. The van der Waals surface area contributed by atoms with Gasteiger partial charge in [0.25, 0.3) is 5.91 Å². The third-order valence-corrected chi connectivity index (χ3v) is 6.36. The number of carbonyl (C=O) groups is 3. The number of amides is 3. The smallest absolute Gasteiger partial charge is 0.322 e. The summed E-state index contributed by atoms with van der Waals surface area (Å²) in [6.45, 7) is 1.73. The number of aryl methyl sites for hydroxylation is 1. The number of alkyl halides is 3. The molecule has 0 spiro atoms. The fraction of sp³-hybridized carbons (Fsp3) is 0.280. The highest BCUT2D eigenvalue weighted by Crippen LogP contribution is 2.40. The molecule has 3 aromatic rings. The Morgan fingerprint density at radius 3 is 2.42 bits per heavy atom. The first kappa shape index (κ1) is 25.4. The van der Waals surface area contributed by atoms with Crippen molar-refractivity contribution in [3.8, 4) is 22.5 Å². The van der Waals surface area contributed by atoms with Crippen LogP contribution in [0.25, 0.3) is 22.5 Å². The molecule has 1 saturated heterocycles. The van der Waals surface area contributed by atoms with E-state index in [1.54, 1.807) is 55.5 Å². The van der Waals surface area contributed by atoms with Crippen molar-refractivity contribution in [1.29, 1.82) is 0 Å². The number of imide groups is 1. The molecule has 0 radical (unpaired) electrons. The van der Waals surface area contributed by atoms with Gasteiger partial charge < -0.3 is 4.90 Å². The van der Waals surface area contributed by atoms with Gasteiger partial charge in [0.05, 0.1) is 11.4 Å². The van der Waals surface area contributed by atoms with Gasteiger partial charge >= 0.3 is 6.30 Å². The number of nitrogens with one attached hydrogen (secondary N) is 1. The Bertz CT molecular complexity index is 1350. The van der Waals surface area contributed by atoms with Crippen molar-refractivity contribution in [3.63, 3.8) is 0 Å². The molecule has 2 aliphatic heterocycles. The van der Waals surface area contributed by atoms with Gasteiger partial charge in [-0.15, -0.1) is 25.6 Å². The molecule has 1 atom stereocenters. The number of hydrogen-bond donors (Lipinski definition) is 1. The molecular weight excluding hydrogens is 497 g/mol. The van der Waals surface area contributed by atoms with E-state index in [1.165, 1.54) is 4.90 Å². The number of aromatic nitrogens is 2. The van der Waals surface area contributed by atoms with Gasteiger partial charge in [0, 0.05) is 36.1 Å². The van der Waals surface area contributed by atoms with Gasteiger partial charge in [-0.1, -0.05) is 43.3 Å². The summed E-state index contributed by atoms with van der Waals surface area (Å²) in [5.74, 6) is -1.36.